The van der Waals surface area contributed by atoms with Gasteiger partial charge in [0.05, 0.1) is 5.25 Å². The quantitative estimate of drug-likeness (QED) is 0.400. The number of nitrogens with one attached hydrogen (secondary N) is 1. The first-order chi connectivity index (χ1) is 6.59. The van der Waals surface area contributed by atoms with E-state index in [2.05, 4.69) is 24.5 Å². The molecule has 0 fully saturated rings. The van der Waals surface area contributed by atoms with Crippen LogP contribution < -0.4 is 5.32 Å². The molecule has 0 aromatic carbocycles. The lowest BCUT2D eigenvalue weighted by Crippen LogP contribution is -2.35. The smallest absolute Gasteiger partial charge is 0.233 e. The van der Waals surface area contributed by atoms with E-state index in [1.165, 1.54) is 0 Å². The predicted octanol–water partition coefficient (Wildman–Crippen LogP) is 1.98. The van der Waals surface area contributed by atoms with Crippen LogP contribution in [0.5, 0.6) is 0 Å². The molecule has 0 heterocycles. The van der Waals surface area contributed by atoms with Crippen LogP contribution in [0.4, 0.5) is 0 Å². The Hall–Kier alpha value is -0.0900. The maximum atomic E-state index is 11.4. The molecular weight excluding hydrogens is 214 g/mol. The molecule has 0 aromatic heterocycles. The predicted molar refractivity (Wildman–Crippen MR) is 68.1 cm³/mol. The molecule has 1 N–H and O–H groups in total. The van der Waals surface area contributed by atoms with Gasteiger partial charge in [-0.05, 0) is 5.92 Å². The maximum Gasteiger partial charge on any atom is 0.233 e. The number of rotatable bonds is 7. The van der Waals surface area contributed by atoms with Crippen LogP contribution in [0.3, 0.4) is 0 Å². The van der Waals surface area contributed by atoms with E-state index in [-0.39, 0.29) is 17.1 Å². The molecule has 1 unspecified atom stereocenters. The molecule has 0 aliphatic rings. The summed E-state index contributed by atoms with van der Waals surface area (Å²) in [5, 5.41) is 2.66. The monoisotopic (exact) mass is 233 g/mol. The van der Waals surface area contributed by atoms with Crippen molar-refractivity contribution in [2.75, 3.05) is 18.1 Å². The van der Waals surface area contributed by atoms with Crippen LogP contribution in [0.1, 0.15) is 13.8 Å². The Morgan fingerprint density at radius 1 is 1.64 bits per heavy atom. The summed E-state index contributed by atoms with van der Waals surface area (Å²) < 4.78 is 0. The van der Waals surface area contributed by atoms with E-state index >= 15 is 0 Å². The van der Waals surface area contributed by atoms with Gasteiger partial charge >= 0.3 is 0 Å². The Kier molecular flexibility index (Phi) is 8.18. The minimum atomic E-state index is -0.195. The molecule has 0 rings (SSSR count). The largest absolute Gasteiger partial charge is 0.354 e. The summed E-state index contributed by atoms with van der Waals surface area (Å²) in [5.41, 5.74) is 0. The van der Waals surface area contributed by atoms with Crippen molar-refractivity contribution >= 4 is 30.3 Å². The molecule has 1 atom stereocenters. The van der Waals surface area contributed by atoms with Crippen LogP contribution >= 0.6 is 24.4 Å². The molecular formula is C10H19NOS2. The lowest BCUT2D eigenvalue weighted by atomic mass is 10.1. The second-order valence-corrected chi connectivity index (χ2v) is 5.05. The molecule has 14 heavy (non-hydrogen) atoms. The molecule has 0 spiro atoms. The lowest BCUT2D eigenvalue weighted by Gasteiger charge is -2.14. The van der Waals surface area contributed by atoms with E-state index in [0.29, 0.717) is 6.54 Å². The van der Waals surface area contributed by atoms with Gasteiger partial charge in [-0.15, -0.1) is 6.58 Å². The number of thioether (sulfide) groups is 1. The van der Waals surface area contributed by atoms with Crippen molar-refractivity contribution in [1.82, 2.24) is 5.32 Å². The number of carbonyl (C=O) groups is 1. The van der Waals surface area contributed by atoms with Crippen molar-refractivity contribution in [3.63, 3.8) is 0 Å². The van der Waals surface area contributed by atoms with E-state index in [0.717, 1.165) is 11.5 Å². The second kappa shape index (κ2) is 8.24. The maximum absolute atomic E-state index is 11.4. The highest BCUT2D eigenvalue weighted by Gasteiger charge is 2.16. The van der Waals surface area contributed by atoms with Gasteiger partial charge in [0.15, 0.2) is 0 Å². The average molecular weight is 233 g/mol. The highest BCUT2D eigenvalue weighted by Crippen LogP contribution is 2.08. The van der Waals surface area contributed by atoms with Gasteiger partial charge in [-0.25, -0.2) is 0 Å². The SMILES string of the molecule is C=CCSCCNC(=O)C(S)C(C)C. The molecule has 2 nitrogen and oxygen atoms in total. The summed E-state index contributed by atoms with van der Waals surface area (Å²) in [6, 6.07) is 0. The molecule has 0 saturated carbocycles. The van der Waals surface area contributed by atoms with Gasteiger partial charge in [-0.1, -0.05) is 19.9 Å². The van der Waals surface area contributed by atoms with E-state index < -0.39 is 0 Å². The van der Waals surface area contributed by atoms with E-state index in [1.807, 2.05) is 19.9 Å². The van der Waals surface area contributed by atoms with E-state index in [9.17, 15) is 4.79 Å². The molecule has 0 aliphatic heterocycles. The van der Waals surface area contributed by atoms with Crippen molar-refractivity contribution < 1.29 is 4.79 Å². The van der Waals surface area contributed by atoms with E-state index in [4.69, 9.17) is 0 Å². The molecule has 0 radical (unpaired) electrons. The van der Waals surface area contributed by atoms with Gasteiger partial charge in [0.2, 0.25) is 5.91 Å². The Balaban J connectivity index is 3.49. The summed E-state index contributed by atoms with van der Waals surface area (Å²) >= 11 is 5.99. The Morgan fingerprint density at radius 3 is 2.79 bits per heavy atom. The minimum Gasteiger partial charge on any atom is -0.354 e. The van der Waals surface area contributed by atoms with Gasteiger partial charge in [0.25, 0.3) is 0 Å². The molecule has 82 valence electrons. The highest BCUT2D eigenvalue weighted by molar-refractivity contribution is 7.99. The third kappa shape index (κ3) is 6.38. The van der Waals surface area contributed by atoms with Crippen LogP contribution in [-0.2, 0) is 4.79 Å². The van der Waals surface area contributed by atoms with Crippen molar-refractivity contribution in [3.05, 3.63) is 12.7 Å². The van der Waals surface area contributed by atoms with Crippen molar-refractivity contribution in [3.8, 4) is 0 Å². The standard InChI is InChI=1S/C10H19NOS2/c1-4-6-14-7-5-11-10(12)9(13)8(2)3/h4,8-9,13H,1,5-7H2,2-3H3,(H,11,12). The number of thiol groups is 1. The number of hydrogen-bond donors (Lipinski definition) is 2. The van der Waals surface area contributed by atoms with Crippen LogP contribution in [0.2, 0.25) is 0 Å². The van der Waals surface area contributed by atoms with Gasteiger partial charge in [0, 0.05) is 18.1 Å². The third-order valence-corrected chi connectivity index (χ3v) is 3.48. The summed E-state index contributed by atoms with van der Waals surface area (Å²) in [4.78, 5) is 11.4. The van der Waals surface area contributed by atoms with E-state index in [1.54, 1.807) is 11.8 Å². The van der Waals surface area contributed by atoms with Gasteiger partial charge in [0.1, 0.15) is 0 Å². The fourth-order valence-corrected chi connectivity index (χ4v) is 1.49. The van der Waals surface area contributed by atoms with Gasteiger partial charge < -0.3 is 5.32 Å². The normalized spacial score (nSPS) is 12.6. The van der Waals surface area contributed by atoms with Crippen molar-refractivity contribution in [1.29, 1.82) is 0 Å². The molecule has 0 bridgehead atoms. The third-order valence-electron chi connectivity index (χ3n) is 1.68. The van der Waals surface area contributed by atoms with Gasteiger partial charge in [-0.3, -0.25) is 4.79 Å². The lowest BCUT2D eigenvalue weighted by molar-refractivity contribution is -0.121. The molecule has 0 aliphatic carbocycles. The Labute approximate surface area is 96.3 Å². The average Bonchev–Trinajstić information content (AvgIpc) is 2.16. The van der Waals surface area contributed by atoms with Crippen LogP contribution in [0.15, 0.2) is 12.7 Å². The summed E-state index contributed by atoms with van der Waals surface area (Å²) in [7, 11) is 0. The summed E-state index contributed by atoms with van der Waals surface area (Å²) in [6.07, 6.45) is 1.86. The number of amides is 1. The molecule has 0 saturated heterocycles. The number of hydrogen-bond acceptors (Lipinski definition) is 3. The minimum absolute atomic E-state index is 0.0301. The topological polar surface area (TPSA) is 29.1 Å². The second-order valence-electron chi connectivity index (χ2n) is 3.34. The highest BCUT2D eigenvalue weighted by atomic mass is 32.2. The first kappa shape index (κ1) is 13.9. The van der Waals surface area contributed by atoms with Crippen LogP contribution in [0, 0.1) is 5.92 Å². The molecule has 4 heteroatoms. The molecule has 0 aromatic rings. The van der Waals surface area contributed by atoms with Crippen LogP contribution in [-0.4, -0.2) is 29.2 Å². The Morgan fingerprint density at radius 2 is 2.29 bits per heavy atom. The fraction of sp³-hybridized carbons (Fsp3) is 0.700. The van der Waals surface area contributed by atoms with Gasteiger partial charge in [-0.2, -0.15) is 24.4 Å². The molecule has 1 amide bonds. The number of carbonyl (C=O) groups excluding carboxylic acids is 1. The van der Waals surface area contributed by atoms with Crippen LogP contribution in [0.25, 0.3) is 0 Å². The summed E-state index contributed by atoms with van der Waals surface area (Å²) in [6.45, 7) is 8.31. The zero-order valence-electron chi connectivity index (χ0n) is 8.82. The fourth-order valence-electron chi connectivity index (χ4n) is 0.820. The Bertz CT molecular complexity index is 183. The van der Waals surface area contributed by atoms with Crippen molar-refractivity contribution in [2.45, 2.75) is 19.1 Å². The van der Waals surface area contributed by atoms with Crippen molar-refractivity contribution in [2.24, 2.45) is 5.92 Å². The summed E-state index contributed by atoms with van der Waals surface area (Å²) in [5.74, 6) is 2.17. The first-order valence-corrected chi connectivity index (χ1v) is 6.41. The zero-order valence-corrected chi connectivity index (χ0v) is 10.5. The first-order valence-electron chi connectivity index (χ1n) is 4.74. The zero-order chi connectivity index (χ0) is 11.0.